The van der Waals surface area contributed by atoms with E-state index in [1.165, 1.54) is 0 Å². The van der Waals surface area contributed by atoms with Gasteiger partial charge in [0.05, 0.1) is 13.0 Å². The number of thioether (sulfide) groups is 1. The molecule has 0 saturated carbocycles. The number of carbonyl (C=O) groups is 2. The van der Waals surface area contributed by atoms with Crippen LogP contribution in [-0.4, -0.2) is 34.0 Å². The molecule has 0 aliphatic rings. The Labute approximate surface area is 121 Å². The van der Waals surface area contributed by atoms with Crippen molar-refractivity contribution in [1.82, 2.24) is 0 Å². The van der Waals surface area contributed by atoms with Crippen LogP contribution >= 0.6 is 11.8 Å². The highest BCUT2D eigenvalue weighted by Crippen LogP contribution is 2.22. The highest BCUT2D eigenvalue weighted by atomic mass is 32.2. The van der Waals surface area contributed by atoms with Gasteiger partial charge in [-0.2, -0.15) is 0 Å². The molecule has 0 amide bonds. The highest BCUT2D eigenvalue weighted by Gasteiger charge is 2.21. The van der Waals surface area contributed by atoms with E-state index in [1.807, 2.05) is 31.2 Å². The number of carboxylic acid groups (broad SMARTS) is 2. The first-order valence-corrected chi connectivity index (χ1v) is 7.35. The maximum atomic E-state index is 10.9. The van der Waals surface area contributed by atoms with Crippen molar-refractivity contribution in [1.29, 1.82) is 0 Å². The molecule has 0 aliphatic heterocycles. The van der Waals surface area contributed by atoms with Crippen LogP contribution < -0.4 is 4.74 Å². The normalized spacial score (nSPS) is 11.8. The number of hydrogen-bond acceptors (Lipinski definition) is 4. The lowest BCUT2D eigenvalue weighted by atomic mass is 10.2. The lowest BCUT2D eigenvalue weighted by molar-refractivity contribution is -0.142. The summed E-state index contributed by atoms with van der Waals surface area (Å²) in [6.45, 7) is 2.69. The minimum absolute atomic E-state index is 0.377. The number of ether oxygens (including phenoxy) is 1. The van der Waals surface area contributed by atoms with E-state index >= 15 is 0 Å². The number of benzene rings is 1. The predicted molar refractivity (Wildman–Crippen MR) is 77.2 cm³/mol. The molecule has 0 aromatic heterocycles. The summed E-state index contributed by atoms with van der Waals surface area (Å²) in [5.41, 5.74) is 0.940. The highest BCUT2D eigenvalue weighted by molar-refractivity contribution is 7.99. The molecule has 1 aromatic carbocycles. The third-order valence-corrected chi connectivity index (χ3v) is 3.75. The molecule has 1 atom stereocenters. The summed E-state index contributed by atoms with van der Waals surface area (Å²) in [4.78, 5) is 21.5. The summed E-state index contributed by atoms with van der Waals surface area (Å²) in [6.07, 6.45) is 0.560. The Morgan fingerprint density at radius 3 is 2.40 bits per heavy atom. The average Bonchev–Trinajstić information content (AvgIpc) is 2.41. The Bertz CT molecular complexity index is 443. The second kappa shape index (κ2) is 8.47. The summed E-state index contributed by atoms with van der Waals surface area (Å²) >= 11 is 1.11. The molecule has 20 heavy (non-hydrogen) atoms. The number of carboxylic acids is 2. The van der Waals surface area contributed by atoms with Crippen molar-refractivity contribution in [2.75, 3.05) is 6.61 Å². The van der Waals surface area contributed by atoms with Gasteiger partial charge in [0.15, 0.2) is 0 Å². The first-order chi connectivity index (χ1) is 9.52. The van der Waals surface area contributed by atoms with Crippen molar-refractivity contribution in [3.8, 4) is 5.75 Å². The van der Waals surface area contributed by atoms with Gasteiger partial charge in [-0.15, -0.1) is 11.8 Å². The van der Waals surface area contributed by atoms with Crippen LogP contribution in [0.2, 0.25) is 0 Å². The summed E-state index contributed by atoms with van der Waals surface area (Å²) in [7, 11) is 0. The predicted octanol–water partition coefficient (Wildman–Crippen LogP) is 2.64. The topological polar surface area (TPSA) is 83.8 Å². The van der Waals surface area contributed by atoms with E-state index in [1.54, 1.807) is 0 Å². The fraction of sp³-hybridized carbons (Fsp3) is 0.429. The van der Waals surface area contributed by atoms with Crippen LogP contribution in [0.4, 0.5) is 0 Å². The Morgan fingerprint density at radius 2 is 1.90 bits per heavy atom. The smallest absolute Gasteiger partial charge is 0.317 e. The van der Waals surface area contributed by atoms with Gasteiger partial charge in [-0.3, -0.25) is 9.59 Å². The van der Waals surface area contributed by atoms with Crippen molar-refractivity contribution < 1.29 is 24.5 Å². The third-order valence-electron chi connectivity index (χ3n) is 2.48. The summed E-state index contributed by atoms with van der Waals surface area (Å²) in [5, 5.41) is 16.7. The first-order valence-electron chi connectivity index (χ1n) is 6.31. The van der Waals surface area contributed by atoms with E-state index in [-0.39, 0.29) is 6.42 Å². The number of aliphatic carboxylic acids is 2. The van der Waals surface area contributed by atoms with E-state index in [0.717, 1.165) is 29.5 Å². The quantitative estimate of drug-likeness (QED) is 0.729. The fourth-order valence-electron chi connectivity index (χ4n) is 1.47. The van der Waals surface area contributed by atoms with Gasteiger partial charge in [0.25, 0.3) is 0 Å². The van der Waals surface area contributed by atoms with Crippen LogP contribution in [-0.2, 0) is 15.3 Å². The summed E-state index contributed by atoms with van der Waals surface area (Å²) < 4.78 is 5.45. The van der Waals surface area contributed by atoms with Gasteiger partial charge in [-0.25, -0.2) is 0 Å². The molecule has 0 aliphatic carbocycles. The minimum atomic E-state index is -1.10. The Morgan fingerprint density at radius 1 is 1.25 bits per heavy atom. The Kier molecular flexibility index (Phi) is 6.93. The van der Waals surface area contributed by atoms with Crippen LogP contribution in [0.1, 0.15) is 25.3 Å². The SMILES string of the molecule is CCCOc1ccc(CS[C@H](CC(=O)O)C(=O)O)cc1. The first kappa shape index (κ1) is 16.4. The lowest BCUT2D eigenvalue weighted by Crippen LogP contribution is -2.20. The average molecular weight is 298 g/mol. The van der Waals surface area contributed by atoms with Crippen molar-refractivity contribution in [3.63, 3.8) is 0 Å². The molecule has 0 bridgehead atoms. The summed E-state index contributed by atoms with van der Waals surface area (Å²) in [5.74, 6) is -0.965. The zero-order valence-electron chi connectivity index (χ0n) is 11.2. The molecular formula is C14H18O5S. The van der Waals surface area contributed by atoms with E-state index < -0.39 is 17.2 Å². The van der Waals surface area contributed by atoms with Crippen LogP contribution in [0.3, 0.4) is 0 Å². The molecule has 1 rings (SSSR count). The standard InChI is InChI=1S/C14H18O5S/c1-2-7-19-11-5-3-10(4-6-11)9-20-12(14(17)18)8-13(15)16/h3-6,12H,2,7-9H2,1H3,(H,15,16)(H,17,18)/t12-/m1/s1. The van der Waals surface area contributed by atoms with Gasteiger partial charge in [0.1, 0.15) is 11.0 Å². The second-order valence-corrected chi connectivity index (χ2v) is 5.42. The molecule has 1 aromatic rings. The van der Waals surface area contributed by atoms with E-state index in [0.29, 0.717) is 12.4 Å². The zero-order valence-corrected chi connectivity index (χ0v) is 12.1. The van der Waals surface area contributed by atoms with Crippen LogP contribution in [0, 0.1) is 0 Å². The monoisotopic (exact) mass is 298 g/mol. The molecule has 0 saturated heterocycles. The van der Waals surface area contributed by atoms with Gasteiger partial charge < -0.3 is 14.9 Å². The van der Waals surface area contributed by atoms with E-state index in [4.69, 9.17) is 14.9 Å². The molecule has 2 N–H and O–H groups in total. The minimum Gasteiger partial charge on any atom is -0.494 e. The maximum Gasteiger partial charge on any atom is 0.317 e. The molecule has 110 valence electrons. The largest absolute Gasteiger partial charge is 0.494 e. The maximum absolute atomic E-state index is 10.9. The van der Waals surface area contributed by atoms with Gasteiger partial charge in [-0.1, -0.05) is 19.1 Å². The molecule has 0 spiro atoms. The second-order valence-electron chi connectivity index (χ2n) is 4.23. The molecule has 0 unspecified atom stereocenters. The van der Waals surface area contributed by atoms with Crippen molar-refractivity contribution in [2.45, 2.75) is 30.8 Å². The van der Waals surface area contributed by atoms with Gasteiger partial charge >= 0.3 is 11.9 Å². The number of hydrogen-bond donors (Lipinski definition) is 2. The molecule has 5 nitrogen and oxygen atoms in total. The fourth-order valence-corrected chi connectivity index (χ4v) is 2.46. The molecular weight excluding hydrogens is 280 g/mol. The van der Waals surface area contributed by atoms with Crippen molar-refractivity contribution in [3.05, 3.63) is 29.8 Å². The van der Waals surface area contributed by atoms with Gasteiger partial charge in [0, 0.05) is 5.75 Å². The third kappa shape index (κ3) is 5.97. The molecule has 0 heterocycles. The summed E-state index contributed by atoms with van der Waals surface area (Å²) in [6, 6.07) is 7.38. The van der Waals surface area contributed by atoms with Crippen molar-refractivity contribution >= 4 is 23.7 Å². The van der Waals surface area contributed by atoms with Crippen LogP contribution in [0.5, 0.6) is 5.75 Å². The van der Waals surface area contributed by atoms with Crippen LogP contribution in [0.15, 0.2) is 24.3 Å². The van der Waals surface area contributed by atoms with Gasteiger partial charge in [-0.05, 0) is 24.1 Å². The molecule has 0 fully saturated rings. The van der Waals surface area contributed by atoms with Gasteiger partial charge in [0.2, 0.25) is 0 Å². The lowest BCUT2D eigenvalue weighted by Gasteiger charge is -2.10. The zero-order chi connectivity index (χ0) is 15.0. The van der Waals surface area contributed by atoms with Crippen molar-refractivity contribution in [2.24, 2.45) is 0 Å². The van der Waals surface area contributed by atoms with Crippen LogP contribution in [0.25, 0.3) is 0 Å². The number of rotatable bonds is 9. The molecule has 0 radical (unpaired) electrons. The molecule has 6 heteroatoms. The Hall–Kier alpha value is -1.69. The van der Waals surface area contributed by atoms with E-state index in [2.05, 4.69) is 0 Å². The van der Waals surface area contributed by atoms with E-state index in [9.17, 15) is 9.59 Å². The Balaban J connectivity index is 2.51.